The normalized spacial score (nSPS) is 12.5. The lowest BCUT2D eigenvalue weighted by Crippen LogP contribution is -2.37. The number of hydrogen-bond acceptors (Lipinski definition) is 3. The van der Waals surface area contributed by atoms with Crippen LogP contribution in [0.2, 0.25) is 0 Å². The second-order valence-corrected chi connectivity index (χ2v) is 7.18. The summed E-state index contributed by atoms with van der Waals surface area (Å²) in [5, 5.41) is 6.70. The number of aliphatic imine (C=N–C) groups is 1. The van der Waals surface area contributed by atoms with Gasteiger partial charge in [0.2, 0.25) is 0 Å². The molecule has 2 aromatic carbocycles. The molecule has 0 aliphatic rings. The summed E-state index contributed by atoms with van der Waals surface area (Å²) < 4.78 is 7.97. The number of rotatable bonds is 10. The smallest absolute Gasteiger partial charge is 0.191 e. The van der Waals surface area contributed by atoms with Gasteiger partial charge in [-0.1, -0.05) is 54.6 Å². The SMILES string of the molecule is CN=C(NCCCOC(C)c1ccccc1)NCc1ccc(Cn2ccnc2)cc1. The largest absolute Gasteiger partial charge is 0.374 e. The first-order valence-corrected chi connectivity index (χ1v) is 10.4. The van der Waals surface area contributed by atoms with Gasteiger partial charge in [0.05, 0.1) is 12.4 Å². The molecule has 0 saturated carbocycles. The van der Waals surface area contributed by atoms with Crippen LogP contribution in [0, 0.1) is 0 Å². The molecule has 158 valence electrons. The molecule has 2 N–H and O–H groups in total. The molecule has 6 nitrogen and oxygen atoms in total. The Labute approximate surface area is 179 Å². The fourth-order valence-corrected chi connectivity index (χ4v) is 3.12. The van der Waals surface area contributed by atoms with Gasteiger partial charge in [-0.15, -0.1) is 0 Å². The molecule has 6 heteroatoms. The molecular formula is C24H31N5O. The van der Waals surface area contributed by atoms with Crippen LogP contribution in [0.1, 0.15) is 36.1 Å². The van der Waals surface area contributed by atoms with Crippen molar-refractivity contribution >= 4 is 5.96 Å². The van der Waals surface area contributed by atoms with Crippen molar-refractivity contribution in [3.05, 3.63) is 90.0 Å². The Bertz CT molecular complexity index is 876. The van der Waals surface area contributed by atoms with Crippen molar-refractivity contribution in [2.75, 3.05) is 20.2 Å². The number of nitrogens with zero attached hydrogens (tertiary/aromatic N) is 3. The number of guanidine groups is 1. The molecule has 0 amide bonds. The number of benzene rings is 2. The molecule has 0 saturated heterocycles. The van der Waals surface area contributed by atoms with E-state index in [1.807, 2.05) is 30.7 Å². The summed E-state index contributed by atoms with van der Waals surface area (Å²) in [6.45, 7) is 5.17. The van der Waals surface area contributed by atoms with Gasteiger partial charge in [0, 0.05) is 45.7 Å². The van der Waals surface area contributed by atoms with Crippen molar-refractivity contribution in [1.82, 2.24) is 20.2 Å². The van der Waals surface area contributed by atoms with Crippen molar-refractivity contribution in [2.45, 2.75) is 32.5 Å². The minimum atomic E-state index is 0.111. The molecule has 0 bridgehead atoms. The maximum atomic E-state index is 5.92. The highest BCUT2D eigenvalue weighted by Gasteiger charge is 2.04. The highest BCUT2D eigenvalue weighted by molar-refractivity contribution is 5.79. The highest BCUT2D eigenvalue weighted by Crippen LogP contribution is 2.15. The highest BCUT2D eigenvalue weighted by atomic mass is 16.5. The molecule has 30 heavy (non-hydrogen) atoms. The number of imidazole rings is 1. The summed E-state index contributed by atoms with van der Waals surface area (Å²) in [5.41, 5.74) is 3.68. The molecule has 1 aromatic heterocycles. The third-order valence-corrected chi connectivity index (χ3v) is 4.88. The summed E-state index contributed by atoms with van der Waals surface area (Å²) in [6, 6.07) is 18.9. The Hall–Kier alpha value is -3.12. The predicted molar refractivity (Wildman–Crippen MR) is 121 cm³/mol. The van der Waals surface area contributed by atoms with Crippen LogP contribution in [-0.4, -0.2) is 35.7 Å². The van der Waals surface area contributed by atoms with Crippen molar-refractivity contribution in [1.29, 1.82) is 0 Å². The molecule has 1 heterocycles. The van der Waals surface area contributed by atoms with Gasteiger partial charge in [-0.2, -0.15) is 0 Å². The van der Waals surface area contributed by atoms with E-state index >= 15 is 0 Å². The van der Waals surface area contributed by atoms with Gasteiger partial charge in [-0.3, -0.25) is 4.99 Å². The molecule has 0 fully saturated rings. The Kier molecular flexibility index (Phi) is 8.47. The van der Waals surface area contributed by atoms with Crippen LogP contribution >= 0.6 is 0 Å². The van der Waals surface area contributed by atoms with Crippen molar-refractivity contribution in [2.24, 2.45) is 4.99 Å². The number of aromatic nitrogens is 2. The van der Waals surface area contributed by atoms with Gasteiger partial charge in [0.15, 0.2) is 5.96 Å². The summed E-state index contributed by atoms with van der Waals surface area (Å²) in [5.74, 6) is 0.800. The molecule has 0 aliphatic heterocycles. The minimum absolute atomic E-state index is 0.111. The zero-order valence-corrected chi connectivity index (χ0v) is 17.8. The Morgan fingerprint density at radius 1 is 1.07 bits per heavy atom. The summed E-state index contributed by atoms with van der Waals surface area (Å²) >= 11 is 0. The third kappa shape index (κ3) is 7.04. The van der Waals surface area contributed by atoms with E-state index in [0.29, 0.717) is 6.61 Å². The lowest BCUT2D eigenvalue weighted by atomic mass is 10.1. The van der Waals surface area contributed by atoms with Crippen LogP contribution in [0.5, 0.6) is 0 Å². The van der Waals surface area contributed by atoms with Crippen molar-refractivity contribution in [3.63, 3.8) is 0 Å². The van der Waals surface area contributed by atoms with E-state index in [9.17, 15) is 0 Å². The standard InChI is InChI=1S/C24H31N5O/c1-20(23-7-4-3-5-8-23)30-16-6-13-27-24(25-2)28-17-21-9-11-22(12-10-21)18-29-15-14-26-19-29/h3-5,7-12,14-15,19-20H,6,13,16-18H2,1-2H3,(H2,25,27,28). The average molecular weight is 406 g/mol. The predicted octanol–water partition coefficient (Wildman–Crippen LogP) is 3.76. The van der Waals surface area contributed by atoms with Crippen LogP contribution < -0.4 is 10.6 Å². The maximum absolute atomic E-state index is 5.92. The molecule has 3 aromatic rings. The third-order valence-electron chi connectivity index (χ3n) is 4.88. The van der Waals surface area contributed by atoms with E-state index in [4.69, 9.17) is 4.74 Å². The lowest BCUT2D eigenvalue weighted by Gasteiger charge is -2.15. The summed E-state index contributed by atoms with van der Waals surface area (Å²) in [4.78, 5) is 8.37. The first-order valence-electron chi connectivity index (χ1n) is 10.4. The van der Waals surface area contributed by atoms with Crippen LogP contribution in [-0.2, 0) is 17.8 Å². The summed E-state index contributed by atoms with van der Waals surface area (Å²) in [6.07, 6.45) is 6.63. The van der Waals surface area contributed by atoms with Crippen molar-refractivity contribution < 1.29 is 4.74 Å². The van der Waals surface area contributed by atoms with Gasteiger partial charge in [-0.25, -0.2) is 4.98 Å². The minimum Gasteiger partial charge on any atom is -0.374 e. The lowest BCUT2D eigenvalue weighted by molar-refractivity contribution is 0.0646. The van der Waals surface area contributed by atoms with E-state index in [0.717, 1.165) is 32.0 Å². The molecule has 3 rings (SSSR count). The topological polar surface area (TPSA) is 63.5 Å². The van der Waals surface area contributed by atoms with Crippen LogP contribution in [0.15, 0.2) is 78.3 Å². The van der Waals surface area contributed by atoms with Crippen LogP contribution in [0.3, 0.4) is 0 Å². The molecule has 1 atom stereocenters. The molecule has 0 radical (unpaired) electrons. The first kappa shape index (κ1) is 21.6. The van der Waals surface area contributed by atoms with Gasteiger partial charge in [0.1, 0.15) is 0 Å². The zero-order chi connectivity index (χ0) is 21.0. The maximum Gasteiger partial charge on any atom is 0.191 e. The molecular weight excluding hydrogens is 374 g/mol. The van der Waals surface area contributed by atoms with Gasteiger partial charge >= 0.3 is 0 Å². The number of nitrogens with one attached hydrogen (secondary N) is 2. The average Bonchev–Trinajstić information content (AvgIpc) is 3.30. The first-order chi connectivity index (χ1) is 14.7. The Morgan fingerprint density at radius 3 is 2.53 bits per heavy atom. The fraction of sp³-hybridized carbons (Fsp3) is 0.333. The Morgan fingerprint density at radius 2 is 1.83 bits per heavy atom. The molecule has 1 unspecified atom stereocenters. The number of ether oxygens (including phenoxy) is 1. The number of hydrogen-bond donors (Lipinski definition) is 2. The van der Waals surface area contributed by atoms with Gasteiger partial charge < -0.3 is 19.9 Å². The summed E-state index contributed by atoms with van der Waals surface area (Å²) in [7, 11) is 1.79. The van der Waals surface area contributed by atoms with E-state index < -0.39 is 0 Å². The molecule has 0 spiro atoms. The van der Waals surface area contributed by atoms with Crippen molar-refractivity contribution in [3.8, 4) is 0 Å². The second-order valence-electron chi connectivity index (χ2n) is 7.18. The van der Waals surface area contributed by atoms with E-state index in [1.165, 1.54) is 16.7 Å². The van der Waals surface area contributed by atoms with E-state index in [-0.39, 0.29) is 6.10 Å². The second kappa shape index (κ2) is 11.8. The van der Waals surface area contributed by atoms with E-state index in [2.05, 4.69) is 68.5 Å². The zero-order valence-electron chi connectivity index (χ0n) is 17.8. The van der Waals surface area contributed by atoms with E-state index in [1.54, 1.807) is 13.2 Å². The quantitative estimate of drug-likeness (QED) is 0.306. The fourth-order valence-electron chi connectivity index (χ4n) is 3.12. The Balaban J connectivity index is 1.32. The van der Waals surface area contributed by atoms with Crippen LogP contribution in [0.25, 0.3) is 0 Å². The van der Waals surface area contributed by atoms with Gasteiger partial charge in [0.25, 0.3) is 0 Å². The van der Waals surface area contributed by atoms with Crippen LogP contribution in [0.4, 0.5) is 0 Å². The monoisotopic (exact) mass is 405 g/mol. The van der Waals surface area contributed by atoms with Gasteiger partial charge in [-0.05, 0) is 30.0 Å². The molecule has 0 aliphatic carbocycles.